The van der Waals surface area contributed by atoms with E-state index in [-0.39, 0.29) is 24.3 Å². The van der Waals surface area contributed by atoms with Gasteiger partial charge in [-0.2, -0.15) is 5.10 Å². The molecule has 3 aromatic rings. The molecule has 7 heteroatoms. The van der Waals surface area contributed by atoms with E-state index in [9.17, 15) is 4.79 Å². The van der Waals surface area contributed by atoms with E-state index in [4.69, 9.17) is 14.3 Å². The average molecular weight is 355 g/mol. The second-order valence-electron chi connectivity index (χ2n) is 5.91. The molecule has 1 amide bonds. The highest BCUT2D eigenvalue weighted by Gasteiger charge is 2.19. The Morgan fingerprint density at radius 2 is 2.04 bits per heavy atom. The van der Waals surface area contributed by atoms with E-state index in [1.807, 2.05) is 42.8 Å². The zero-order valence-electron chi connectivity index (χ0n) is 14.9. The van der Waals surface area contributed by atoms with Crippen molar-refractivity contribution in [3.8, 4) is 11.4 Å². The molecule has 0 radical (unpaired) electrons. The average Bonchev–Trinajstić information content (AvgIpc) is 3.28. The summed E-state index contributed by atoms with van der Waals surface area (Å²) in [6.07, 6.45) is 1.74. The number of hydrogen-bond acceptors (Lipinski definition) is 5. The van der Waals surface area contributed by atoms with Crippen LogP contribution in [0.4, 0.5) is 0 Å². The third kappa shape index (κ3) is 3.48. The summed E-state index contributed by atoms with van der Waals surface area (Å²) in [4.78, 5) is 12.3. The molecule has 136 valence electrons. The standard InChI is InChI=1S/C19H21N3O4/c1-12(21-19(24)18-9-8-16(11-23)26-18)17-10-20-22(13(17)2)14-4-6-15(25-3)7-5-14/h4-10,12,23H,11H2,1-3H3,(H,21,24)/t12-/m0/s1. The highest BCUT2D eigenvalue weighted by atomic mass is 16.5. The number of aromatic nitrogens is 2. The molecule has 3 rings (SSSR count). The Morgan fingerprint density at radius 3 is 2.65 bits per heavy atom. The minimum Gasteiger partial charge on any atom is -0.497 e. The number of ether oxygens (including phenoxy) is 1. The Bertz CT molecular complexity index is 896. The molecule has 2 heterocycles. The SMILES string of the molecule is COc1ccc(-n2ncc([C@H](C)NC(=O)c3ccc(CO)o3)c2C)cc1. The van der Waals surface area contributed by atoms with Crippen molar-refractivity contribution in [2.24, 2.45) is 0 Å². The van der Waals surface area contributed by atoms with Gasteiger partial charge in [-0.15, -0.1) is 0 Å². The number of nitrogens with one attached hydrogen (secondary N) is 1. The first kappa shape index (κ1) is 17.8. The van der Waals surface area contributed by atoms with E-state index in [0.29, 0.717) is 5.76 Å². The van der Waals surface area contributed by atoms with Crippen LogP contribution in [0.25, 0.3) is 5.69 Å². The van der Waals surface area contributed by atoms with E-state index in [2.05, 4.69) is 10.4 Å². The number of methoxy groups -OCH3 is 1. The second kappa shape index (κ2) is 7.45. The molecule has 0 bridgehead atoms. The van der Waals surface area contributed by atoms with Gasteiger partial charge in [0.05, 0.1) is 25.0 Å². The fourth-order valence-corrected chi connectivity index (χ4v) is 2.76. The molecule has 0 fully saturated rings. The smallest absolute Gasteiger partial charge is 0.287 e. The topological polar surface area (TPSA) is 89.5 Å². The van der Waals surface area contributed by atoms with Crippen molar-refractivity contribution in [2.45, 2.75) is 26.5 Å². The van der Waals surface area contributed by atoms with E-state index < -0.39 is 0 Å². The van der Waals surface area contributed by atoms with Crippen molar-refractivity contribution < 1.29 is 19.1 Å². The highest BCUT2D eigenvalue weighted by molar-refractivity contribution is 5.91. The minimum absolute atomic E-state index is 0.168. The quantitative estimate of drug-likeness (QED) is 0.710. The summed E-state index contributed by atoms with van der Waals surface area (Å²) in [6.45, 7) is 3.60. The first-order valence-electron chi connectivity index (χ1n) is 8.23. The molecule has 0 saturated carbocycles. The number of carbonyl (C=O) groups is 1. The molecule has 1 atom stereocenters. The van der Waals surface area contributed by atoms with Crippen molar-refractivity contribution >= 4 is 5.91 Å². The molecule has 0 aliphatic rings. The van der Waals surface area contributed by atoms with Gasteiger partial charge in [-0.05, 0) is 50.2 Å². The molecule has 2 aromatic heterocycles. The van der Waals surface area contributed by atoms with Crippen LogP contribution in [0.2, 0.25) is 0 Å². The monoisotopic (exact) mass is 355 g/mol. The number of aliphatic hydroxyl groups is 1. The summed E-state index contributed by atoms with van der Waals surface area (Å²) in [6, 6.07) is 10.5. The summed E-state index contributed by atoms with van der Waals surface area (Å²) in [5.74, 6) is 0.960. The Balaban J connectivity index is 1.76. The molecule has 0 saturated heterocycles. The van der Waals surface area contributed by atoms with Crippen LogP contribution < -0.4 is 10.1 Å². The first-order chi connectivity index (χ1) is 12.5. The number of amides is 1. The molecule has 0 unspecified atom stereocenters. The molecule has 0 aliphatic heterocycles. The van der Waals surface area contributed by atoms with Crippen LogP contribution in [-0.2, 0) is 6.61 Å². The van der Waals surface area contributed by atoms with Gasteiger partial charge >= 0.3 is 0 Å². The van der Waals surface area contributed by atoms with Crippen LogP contribution in [0, 0.1) is 6.92 Å². The van der Waals surface area contributed by atoms with Crippen molar-refractivity contribution in [3.05, 3.63) is 65.4 Å². The Kier molecular flexibility index (Phi) is 5.09. The van der Waals surface area contributed by atoms with Crippen LogP contribution in [0.5, 0.6) is 5.75 Å². The van der Waals surface area contributed by atoms with Crippen molar-refractivity contribution in [1.29, 1.82) is 0 Å². The van der Waals surface area contributed by atoms with E-state index in [1.54, 1.807) is 25.4 Å². The molecule has 0 spiro atoms. The van der Waals surface area contributed by atoms with Gasteiger partial charge in [0.1, 0.15) is 18.1 Å². The number of hydrogen-bond donors (Lipinski definition) is 2. The fraction of sp³-hybridized carbons (Fsp3) is 0.263. The van der Waals surface area contributed by atoms with Crippen LogP contribution in [0.3, 0.4) is 0 Å². The molecule has 2 N–H and O–H groups in total. The number of nitrogens with zero attached hydrogens (tertiary/aromatic N) is 2. The maximum absolute atomic E-state index is 12.3. The van der Waals surface area contributed by atoms with Gasteiger partial charge in [-0.1, -0.05) is 0 Å². The van der Waals surface area contributed by atoms with Gasteiger partial charge in [0.2, 0.25) is 0 Å². The molecule has 7 nitrogen and oxygen atoms in total. The first-order valence-corrected chi connectivity index (χ1v) is 8.23. The Labute approximate surface area is 151 Å². The molecule has 1 aromatic carbocycles. The number of carbonyl (C=O) groups excluding carboxylic acids is 1. The van der Waals surface area contributed by atoms with Gasteiger partial charge in [0.15, 0.2) is 5.76 Å². The fourth-order valence-electron chi connectivity index (χ4n) is 2.76. The third-order valence-corrected chi connectivity index (χ3v) is 4.22. The molecule has 26 heavy (non-hydrogen) atoms. The van der Waals surface area contributed by atoms with Gasteiger partial charge in [0, 0.05) is 11.3 Å². The van der Waals surface area contributed by atoms with E-state index >= 15 is 0 Å². The van der Waals surface area contributed by atoms with Gasteiger partial charge in [-0.25, -0.2) is 4.68 Å². The Morgan fingerprint density at radius 1 is 1.31 bits per heavy atom. The maximum Gasteiger partial charge on any atom is 0.287 e. The van der Waals surface area contributed by atoms with Gasteiger partial charge in [-0.3, -0.25) is 4.79 Å². The van der Waals surface area contributed by atoms with E-state index in [1.165, 1.54) is 0 Å². The highest BCUT2D eigenvalue weighted by Crippen LogP contribution is 2.22. The van der Waals surface area contributed by atoms with Crippen molar-refractivity contribution in [2.75, 3.05) is 7.11 Å². The summed E-state index contributed by atoms with van der Waals surface area (Å²) in [7, 11) is 1.62. The maximum atomic E-state index is 12.3. The van der Waals surface area contributed by atoms with Crippen LogP contribution in [-0.4, -0.2) is 27.9 Å². The molecule has 0 aliphatic carbocycles. The van der Waals surface area contributed by atoms with Gasteiger partial charge < -0.3 is 19.6 Å². The zero-order valence-corrected chi connectivity index (χ0v) is 14.9. The Hall–Kier alpha value is -3.06. The summed E-state index contributed by atoms with van der Waals surface area (Å²) >= 11 is 0. The number of furan rings is 1. The minimum atomic E-state index is -0.339. The number of rotatable bonds is 6. The van der Waals surface area contributed by atoms with Crippen LogP contribution in [0.15, 0.2) is 47.0 Å². The zero-order chi connectivity index (χ0) is 18.7. The largest absolute Gasteiger partial charge is 0.497 e. The number of aliphatic hydroxyl groups excluding tert-OH is 1. The van der Waals surface area contributed by atoms with E-state index in [0.717, 1.165) is 22.7 Å². The predicted octanol–water partition coefficient (Wildman–Crippen LogP) is 2.77. The van der Waals surface area contributed by atoms with Gasteiger partial charge in [0.25, 0.3) is 5.91 Å². The summed E-state index contributed by atoms with van der Waals surface area (Å²) in [5.41, 5.74) is 2.74. The van der Waals surface area contributed by atoms with Crippen LogP contribution >= 0.6 is 0 Å². The molecular formula is C19H21N3O4. The lowest BCUT2D eigenvalue weighted by Gasteiger charge is -2.13. The lowest BCUT2D eigenvalue weighted by atomic mass is 10.1. The third-order valence-electron chi connectivity index (χ3n) is 4.22. The van der Waals surface area contributed by atoms with Crippen LogP contribution in [0.1, 0.15) is 40.5 Å². The summed E-state index contributed by atoms with van der Waals surface area (Å²) < 4.78 is 12.2. The molecular weight excluding hydrogens is 334 g/mol. The summed E-state index contributed by atoms with van der Waals surface area (Å²) in [5, 5.41) is 16.3. The second-order valence-corrected chi connectivity index (χ2v) is 5.91. The number of benzene rings is 1. The van der Waals surface area contributed by atoms with Crippen molar-refractivity contribution in [3.63, 3.8) is 0 Å². The normalized spacial score (nSPS) is 12.0. The van der Waals surface area contributed by atoms with Crippen molar-refractivity contribution in [1.82, 2.24) is 15.1 Å². The predicted molar refractivity (Wildman–Crippen MR) is 95.4 cm³/mol. The lowest BCUT2D eigenvalue weighted by Crippen LogP contribution is -2.26. The lowest BCUT2D eigenvalue weighted by molar-refractivity contribution is 0.0907.